The van der Waals surface area contributed by atoms with E-state index in [-0.39, 0.29) is 21.8 Å². The van der Waals surface area contributed by atoms with Gasteiger partial charge in [0.05, 0.1) is 0 Å². The summed E-state index contributed by atoms with van der Waals surface area (Å²) in [6.45, 7) is 2.78. The Bertz CT molecular complexity index is 579. The number of carboxylic acids is 1. The highest BCUT2D eigenvalue weighted by molar-refractivity contribution is 7.89. The van der Waals surface area contributed by atoms with Crippen LogP contribution in [0, 0.1) is 25.3 Å². The predicted octanol–water partition coefficient (Wildman–Crippen LogP) is 0.0891. The van der Waals surface area contributed by atoms with Crippen LogP contribution in [0.2, 0.25) is 0 Å². The van der Waals surface area contributed by atoms with E-state index in [0.717, 1.165) is 0 Å². The molecule has 86 valence electrons. The summed E-state index contributed by atoms with van der Waals surface area (Å²) in [6, 6.07) is 0. The molecule has 0 bridgehead atoms. The summed E-state index contributed by atoms with van der Waals surface area (Å²) >= 11 is 0. The first kappa shape index (κ1) is 12.1. The van der Waals surface area contributed by atoms with Crippen LogP contribution >= 0.6 is 0 Å². The van der Waals surface area contributed by atoms with Gasteiger partial charge in [0, 0.05) is 11.3 Å². The predicted molar refractivity (Wildman–Crippen MR) is 53.2 cm³/mol. The molecular formula is C8H9N3O4S. The molecule has 0 saturated heterocycles. The standard InChI is InChI=1S/C8H9N3O4S/c1-4-6(8(12)13)11-5(2)7(4)16(14,15)10-3-9/h10-11H,1-2H3,(H,12,13). The molecule has 16 heavy (non-hydrogen) atoms. The Labute approximate surface area is 91.8 Å². The van der Waals surface area contributed by atoms with Crippen molar-refractivity contribution in [1.82, 2.24) is 9.71 Å². The highest BCUT2D eigenvalue weighted by atomic mass is 32.2. The smallest absolute Gasteiger partial charge is 0.352 e. The normalized spacial score (nSPS) is 10.8. The molecule has 3 N–H and O–H groups in total. The summed E-state index contributed by atoms with van der Waals surface area (Å²) in [5.74, 6) is -1.25. The number of hydrogen-bond acceptors (Lipinski definition) is 4. The number of nitrogens with one attached hydrogen (secondary N) is 2. The molecule has 0 saturated carbocycles. The Morgan fingerprint density at radius 2 is 2.06 bits per heavy atom. The number of hydrogen-bond donors (Lipinski definition) is 3. The highest BCUT2D eigenvalue weighted by Gasteiger charge is 2.25. The summed E-state index contributed by atoms with van der Waals surface area (Å²) in [5.41, 5.74) is 0.0567. The zero-order valence-corrected chi connectivity index (χ0v) is 9.34. The van der Waals surface area contributed by atoms with Crippen LogP contribution in [-0.2, 0) is 10.0 Å². The minimum atomic E-state index is -3.99. The second-order valence-electron chi connectivity index (χ2n) is 3.10. The van der Waals surface area contributed by atoms with E-state index in [4.69, 9.17) is 10.4 Å². The van der Waals surface area contributed by atoms with Crippen LogP contribution in [0.3, 0.4) is 0 Å². The van der Waals surface area contributed by atoms with Crippen molar-refractivity contribution in [3.8, 4) is 6.19 Å². The Kier molecular flexibility index (Phi) is 2.91. The first-order valence-electron chi connectivity index (χ1n) is 4.14. The molecule has 0 atom stereocenters. The van der Waals surface area contributed by atoms with Crippen LogP contribution in [0.15, 0.2) is 4.90 Å². The van der Waals surface area contributed by atoms with Gasteiger partial charge in [-0.2, -0.15) is 5.26 Å². The van der Waals surface area contributed by atoms with Crippen molar-refractivity contribution in [1.29, 1.82) is 5.26 Å². The fourth-order valence-electron chi connectivity index (χ4n) is 1.46. The number of sulfonamides is 1. The second kappa shape index (κ2) is 3.86. The maximum atomic E-state index is 11.6. The number of nitrogens with zero attached hydrogens (tertiary/aromatic N) is 1. The summed E-state index contributed by atoms with van der Waals surface area (Å²) in [5, 5.41) is 17.1. The van der Waals surface area contributed by atoms with E-state index in [0.29, 0.717) is 0 Å². The van der Waals surface area contributed by atoms with Gasteiger partial charge in [-0.3, -0.25) is 0 Å². The van der Waals surface area contributed by atoms with Crippen LogP contribution in [-0.4, -0.2) is 24.5 Å². The third kappa shape index (κ3) is 1.85. The van der Waals surface area contributed by atoms with Crippen LogP contribution < -0.4 is 4.72 Å². The van der Waals surface area contributed by atoms with Gasteiger partial charge in [-0.25, -0.2) is 17.9 Å². The molecular weight excluding hydrogens is 234 g/mol. The summed E-state index contributed by atoms with van der Waals surface area (Å²) < 4.78 is 24.8. The number of aromatic carboxylic acids is 1. The Hall–Kier alpha value is -2.01. The molecule has 1 rings (SSSR count). The van der Waals surface area contributed by atoms with Gasteiger partial charge in [-0.05, 0) is 13.8 Å². The molecule has 0 aliphatic carbocycles. The quantitative estimate of drug-likeness (QED) is 0.512. The summed E-state index contributed by atoms with van der Waals surface area (Å²) in [6.07, 6.45) is 1.30. The number of aromatic nitrogens is 1. The average molecular weight is 243 g/mol. The van der Waals surface area contributed by atoms with Crippen molar-refractivity contribution in [2.45, 2.75) is 18.7 Å². The Balaban J connectivity index is 3.49. The molecule has 0 fully saturated rings. The molecule has 0 radical (unpaired) electrons. The van der Waals surface area contributed by atoms with Gasteiger partial charge in [0.25, 0.3) is 10.0 Å². The van der Waals surface area contributed by atoms with Gasteiger partial charge in [-0.1, -0.05) is 0 Å². The number of carbonyl (C=O) groups is 1. The van der Waals surface area contributed by atoms with E-state index in [2.05, 4.69) is 4.98 Å². The average Bonchev–Trinajstić information content (AvgIpc) is 2.41. The second-order valence-corrected chi connectivity index (χ2v) is 4.72. The zero-order chi connectivity index (χ0) is 12.5. The molecule has 7 nitrogen and oxygen atoms in total. The molecule has 1 aromatic rings. The molecule has 0 unspecified atom stereocenters. The lowest BCUT2D eigenvalue weighted by Crippen LogP contribution is -2.19. The Morgan fingerprint density at radius 1 is 1.50 bits per heavy atom. The third-order valence-electron chi connectivity index (χ3n) is 2.03. The van der Waals surface area contributed by atoms with E-state index < -0.39 is 16.0 Å². The lowest BCUT2D eigenvalue weighted by Gasteiger charge is -2.01. The molecule has 1 aromatic heterocycles. The van der Waals surface area contributed by atoms with Crippen molar-refractivity contribution in [2.75, 3.05) is 0 Å². The minimum Gasteiger partial charge on any atom is -0.477 e. The van der Waals surface area contributed by atoms with Gasteiger partial charge in [-0.15, -0.1) is 0 Å². The van der Waals surface area contributed by atoms with Crippen LogP contribution in [0.4, 0.5) is 0 Å². The lowest BCUT2D eigenvalue weighted by atomic mass is 10.2. The largest absolute Gasteiger partial charge is 0.477 e. The SMILES string of the molecule is Cc1[nH]c(C(=O)O)c(C)c1S(=O)(=O)NC#N. The van der Waals surface area contributed by atoms with Crippen molar-refractivity contribution in [3.05, 3.63) is 17.0 Å². The van der Waals surface area contributed by atoms with E-state index in [1.54, 1.807) is 4.72 Å². The molecule has 8 heteroatoms. The summed E-state index contributed by atoms with van der Waals surface area (Å²) in [4.78, 5) is 13.0. The first-order chi connectivity index (χ1) is 7.31. The van der Waals surface area contributed by atoms with E-state index in [1.807, 2.05) is 0 Å². The van der Waals surface area contributed by atoms with Gasteiger partial charge >= 0.3 is 5.97 Å². The lowest BCUT2D eigenvalue weighted by molar-refractivity contribution is 0.0690. The van der Waals surface area contributed by atoms with Crippen molar-refractivity contribution >= 4 is 16.0 Å². The molecule has 0 aliphatic rings. The molecule has 0 aliphatic heterocycles. The van der Waals surface area contributed by atoms with Gasteiger partial charge in [0.15, 0.2) is 6.19 Å². The molecule has 0 aromatic carbocycles. The molecule has 0 amide bonds. The first-order valence-corrected chi connectivity index (χ1v) is 5.63. The number of nitriles is 1. The van der Waals surface area contributed by atoms with E-state index in [9.17, 15) is 13.2 Å². The van der Waals surface area contributed by atoms with Crippen molar-refractivity contribution in [3.63, 3.8) is 0 Å². The zero-order valence-electron chi connectivity index (χ0n) is 8.53. The van der Waals surface area contributed by atoms with E-state index >= 15 is 0 Å². The van der Waals surface area contributed by atoms with Gasteiger partial charge in [0.2, 0.25) is 0 Å². The number of rotatable bonds is 3. The fraction of sp³-hybridized carbons (Fsp3) is 0.250. The van der Waals surface area contributed by atoms with Crippen molar-refractivity contribution in [2.24, 2.45) is 0 Å². The number of aromatic amines is 1. The van der Waals surface area contributed by atoms with Gasteiger partial charge < -0.3 is 10.1 Å². The Morgan fingerprint density at radius 3 is 2.44 bits per heavy atom. The summed E-state index contributed by atoms with van der Waals surface area (Å²) in [7, 11) is -3.99. The van der Waals surface area contributed by atoms with E-state index in [1.165, 1.54) is 20.0 Å². The van der Waals surface area contributed by atoms with Crippen LogP contribution in [0.5, 0.6) is 0 Å². The number of carboxylic acid groups (broad SMARTS) is 1. The number of H-pyrrole nitrogens is 1. The van der Waals surface area contributed by atoms with Gasteiger partial charge in [0.1, 0.15) is 10.6 Å². The third-order valence-corrected chi connectivity index (χ3v) is 3.54. The molecule has 0 spiro atoms. The van der Waals surface area contributed by atoms with Crippen LogP contribution in [0.25, 0.3) is 0 Å². The minimum absolute atomic E-state index is 0.0766. The van der Waals surface area contributed by atoms with Crippen LogP contribution in [0.1, 0.15) is 21.7 Å². The number of aryl methyl sites for hydroxylation is 1. The van der Waals surface area contributed by atoms with Crippen molar-refractivity contribution < 1.29 is 18.3 Å². The fourth-order valence-corrected chi connectivity index (χ4v) is 2.64. The maximum Gasteiger partial charge on any atom is 0.352 e. The highest BCUT2D eigenvalue weighted by Crippen LogP contribution is 2.22. The topological polar surface area (TPSA) is 123 Å². The monoisotopic (exact) mass is 243 g/mol. The maximum absolute atomic E-state index is 11.6. The molecule has 1 heterocycles.